The summed E-state index contributed by atoms with van der Waals surface area (Å²) in [5.41, 5.74) is 2.06. The number of hydrogen-bond donors (Lipinski definition) is 1. The monoisotopic (exact) mass is 491 g/mol. The average molecular weight is 492 g/mol. The first kappa shape index (κ1) is 24.3. The number of benzene rings is 3. The highest BCUT2D eigenvalue weighted by atomic mass is 32.1. The van der Waals surface area contributed by atoms with E-state index >= 15 is 0 Å². The Hall–Kier alpha value is -3.78. The maximum absolute atomic E-state index is 14.2. The largest absolute Gasteiger partial charge is 0.497 e. The zero-order valence-electron chi connectivity index (χ0n) is 19.3. The number of hydrogen-bond acceptors (Lipinski definition) is 4. The highest BCUT2D eigenvalue weighted by Gasteiger charge is 2.43. The van der Waals surface area contributed by atoms with Crippen molar-refractivity contribution in [2.24, 2.45) is 0 Å². The van der Waals surface area contributed by atoms with Gasteiger partial charge in [-0.15, -0.1) is 0 Å². The number of carbonyl (C=O) groups excluding carboxylic acids is 2. The first-order valence-electron chi connectivity index (χ1n) is 11.3. The number of carbonyl (C=O) groups is 2. The maximum atomic E-state index is 14.2. The van der Waals surface area contributed by atoms with Crippen LogP contribution in [0.1, 0.15) is 17.5 Å². The van der Waals surface area contributed by atoms with Crippen LogP contribution in [0.3, 0.4) is 0 Å². The predicted molar refractivity (Wildman–Crippen MR) is 136 cm³/mol. The predicted octanol–water partition coefficient (Wildman–Crippen LogP) is 4.40. The van der Waals surface area contributed by atoms with E-state index in [1.807, 2.05) is 30.3 Å². The van der Waals surface area contributed by atoms with Crippen LogP contribution in [0.4, 0.5) is 10.1 Å². The molecule has 2 amide bonds. The molecule has 0 saturated carbocycles. The van der Waals surface area contributed by atoms with Crippen LogP contribution < -0.4 is 10.1 Å². The van der Waals surface area contributed by atoms with E-state index in [1.54, 1.807) is 54.5 Å². The zero-order chi connectivity index (χ0) is 24.8. The van der Waals surface area contributed by atoms with Gasteiger partial charge in [0, 0.05) is 12.2 Å². The molecule has 0 bridgehead atoms. The summed E-state index contributed by atoms with van der Waals surface area (Å²) in [6.07, 6.45) is 0.281. The zero-order valence-corrected chi connectivity index (χ0v) is 20.1. The molecule has 1 fully saturated rings. The number of nitrogens with one attached hydrogen (secondary N) is 1. The fourth-order valence-corrected chi connectivity index (χ4v) is 4.43. The lowest BCUT2D eigenvalue weighted by Gasteiger charge is -2.24. The van der Waals surface area contributed by atoms with Gasteiger partial charge >= 0.3 is 0 Å². The molecule has 1 atom stereocenters. The van der Waals surface area contributed by atoms with Gasteiger partial charge in [-0.3, -0.25) is 14.5 Å². The Kier molecular flexibility index (Phi) is 7.72. The SMILES string of the molecule is COc1ccc(NC(=O)C[C@H]2C(=O)N(Cc3ccccc3)C(=S)N2CCc2ccccc2F)cc1. The van der Waals surface area contributed by atoms with E-state index in [4.69, 9.17) is 17.0 Å². The molecule has 35 heavy (non-hydrogen) atoms. The molecule has 3 aromatic rings. The van der Waals surface area contributed by atoms with Gasteiger partial charge in [0.15, 0.2) is 5.11 Å². The number of amides is 2. The highest BCUT2D eigenvalue weighted by Crippen LogP contribution is 2.25. The summed E-state index contributed by atoms with van der Waals surface area (Å²) in [7, 11) is 1.57. The van der Waals surface area contributed by atoms with Crippen LogP contribution in [0, 0.1) is 5.82 Å². The van der Waals surface area contributed by atoms with Crippen LogP contribution in [0.15, 0.2) is 78.9 Å². The standard InChI is InChI=1S/C27H26FN3O3S/c1-34-22-13-11-21(12-14-22)29-25(32)17-24-26(33)31(18-19-7-3-2-4-8-19)27(35)30(24)16-15-20-9-5-6-10-23(20)28/h2-14,24H,15-18H2,1H3,(H,29,32)/t24-/m0/s1. The van der Waals surface area contributed by atoms with E-state index < -0.39 is 6.04 Å². The molecule has 6 nitrogen and oxygen atoms in total. The minimum absolute atomic E-state index is 0.0758. The molecule has 0 radical (unpaired) electrons. The quantitative estimate of drug-likeness (QED) is 0.450. The molecule has 0 spiro atoms. The van der Waals surface area contributed by atoms with Crippen molar-refractivity contribution >= 4 is 34.8 Å². The molecule has 8 heteroatoms. The van der Waals surface area contributed by atoms with Crippen molar-refractivity contribution in [3.05, 3.63) is 95.8 Å². The second kappa shape index (κ2) is 11.1. The normalized spacial score (nSPS) is 15.4. The van der Waals surface area contributed by atoms with Crippen molar-refractivity contribution in [3.8, 4) is 5.75 Å². The fourth-order valence-electron chi connectivity index (χ4n) is 4.06. The fraction of sp³-hybridized carbons (Fsp3) is 0.222. The number of thiocarbonyl (C=S) groups is 1. The number of rotatable bonds is 9. The molecular formula is C27H26FN3O3S. The summed E-state index contributed by atoms with van der Waals surface area (Å²) in [4.78, 5) is 29.5. The molecule has 1 N–H and O–H groups in total. The minimum Gasteiger partial charge on any atom is -0.497 e. The number of ether oxygens (including phenoxy) is 1. The Balaban J connectivity index is 1.51. The Morgan fingerprint density at radius 1 is 1.03 bits per heavy atom. The minimum atomic E-state index is -0.767. The Labute approximate surface area is 209 Å². The van der Waals surface area contributed by atoms with E-state index in [1.165, 1.54) is 11.0 Å². The van der Waals surface area contributed by atoms with Crippen molar-refractivity contribution in [1.29, 1.82) is 0 Å². The lowest BCUT2D eigenvalue weighted by Crippen LogP contribution is -2.39. The number of methoxy groups -OCH3 is 1. The van der Waals surface area contributed by atoms with Gasteiger partial charge in [0.2, 0.25) is 5.91 Å². The van der Waals surface area contributed by atoms with Crippen LogP contribution in [0.25, 0.3) is 0 Å². The molecule has 1 aliphatic heterocycles. The second-order valence-corrected chi connectivity index (χ2v) is 8.59. The van der Waals surface area contributed by atoms with E-state index in [9.17, 15) is 14.0 Å². The van der Waals surface area contributed by atoms with Crippen LogP contribution in [0.2, 0.25) is 0 Å². The van der Waals surface area contributed by atoms with Crippen molar-refractivity contribution < 1.29 is 18.7 Å². The summed E-state index contributed by atoms with van der Waals surface area (Å²) in [6, 6.07) is 22.2. The molecular weight excluding hydrogens is 465 g/mol. The maximum Gasteiger partial charge on any atom is 0.252 e. The lowest BCUT2D eigenvalue weighted by atomic mass is 10.1. The molecule has 4 rings (SSSR count). The van der Waals surface area contributed by atoms with Crippen LogP contribution in [-0.2, 0) is 22.6 Å². The van der Waals surface area contributed by atoms with Gasteiger partial charge < -0.3 is 15.0 Å². The summed E-state index contributed by atoms with van der Waals surface area (Å²) < 4.78 is 19.3. The van der Waals surface area contributed by atoms with Crippen molar-refractivity contribution in [1.82, 2.24) is 9.80 Å². The van der Waals surface area contributed by atoms with Crippen LogP contribution in [-0.4, -0.2) is 46.4 Å². The van der Waals surface area contributed by atoms with Crippen LogP contribution >= 0.6 is 12.2 Å². The lowest BCUT2D eigenvalue weighted by molar-refractivity contribution is -0.131. The molecule has 1 aliphatic rings. The van der Waals surface area contributed by atoms with E-state index in [-0.39, 0.29) is 24.1 Å². The second-order valence-electron chi connectivity index (χ2n) is 8.22. The average Bonchev–Trinajstić information content (AvgIpc) is 3.08. The highest BCUT2D eigenvalue weighted by molar-refractivity contribution is 7.80. The molecule has 180 valence electrons. The molecule has 0 aliphatic carbocycles. The van der Waals surface area contributed by atoms with Gasteiger partial charge in [-0.1, -0.05) is 48.5 Å². The first-order valence-corrected chi connectivity index (χ1v) is 11.7. The van der Waals surface area contributed by atoms with E-state index in [0.29, 0.717) is 41.6 Å². The summed E-state index contributed by atoms with van der Waals surface area (Å²) >= 11 is 5.67. The van der Waals surface area contributed by atoms with Gasteiger partial charge in [-0.05, 0) is 60.1 Å². The first-order chi connectivity index (χ1) is 17.0. The third-order valence-electron chi connectivity index (χ3n) is 5.92. The Morgan fingerprint density at radius 2 is 1.71 bits per heavy atom. The third-order valence-corrected chi connectivity index (χ3v) is 6.37. The van der Waals surface area contributed by atoms with E-state index in [2.05, 4.69) is 5.32 Å². The molecule has 1 heterocycles. The Morgan fingerprint density at radius 3 is 2.40 bits per heavy atom. The van der Waals surface area contributed by atoms with Gasteiger partial charge in [0.25, 0.3) is 5.91 Å². The number of anilines is 1. The topological polar surface area (TPSA) is 61.9 Å². The summed E-state index contributed by atoms with van der Waals surface area (Å²) in [5, 5.41) is 3.17. The van der Waals surface area contributed by atoms with Crippen molar-refractivity contribution in [2.75, 3.05) is 19.0 Å². The Bertz CT molecular complexity index is 1200. The third kappa shape index (κ3) is 5.84. The number of nitrogens with zero attached hydrogens (tertiary/aromatic N) is 2. The summed E-state index contributed by atoms with van der Waals surface area (Å²) in [5.74, 6) is -0.180. The van der Waals surface area contributed by atoms with Gasteiger partial charge in [0.05, 0.1) is 20.1 Å². The van der Waals surface area contributed by atoms with Gasteiger partial charge in [-0.2, -0.15) is 0 Å². The van der Waals surface area contributed by atoms with Gasteiger partial charge in [-0.25, -0.2) is 4.39 Å². The van der Waals surface area contributed by atoms with Crippen molar-refractivity contribution in [3.63, 3.8) is 0 Å². The molecule has 1 saturated heterocycles. The van der Waals surface area contributed by atoms with Crippen molar-refractivity contribution in [2.45, 2.75) is 25.4 Å². The summed E-state index contributed by atoms with van der Waals surface area (Å²) in [6.45, 7) is 0.628. The molecule has 0 unspecified atom stereocenters. The molecule has 3 aromatic carbocycles. The molecule has 0 aromatic heterocycles. The van der Waals surface area contributed by atoms with Gasteiger partial charge in [0.1, 0.15) is 17.6 Å². The van der Waals surface area contributed by atoms with E-state index in [0.717, 1.165) is 5.56 Å². The smallest absolute Gasteiger partial charge is 0.252 e. The number of halogens is 1. The van der Waals surface area contributed by atoms with Crippen LogP contribution in [0.5, 0.6) is 5.75 Å².